The number of thiocarbonyl (C=S) groups is 1. The van der Waals surface area contributed by atoms with Crippen LogP contribution < -0.4 is 0 Å². The van der Waals surface area contributed by atoms with Gasteiger partial charge in [-0.25, -0.2) is 9.37 Å². The first-order chi connectivity index (χ1) is 12.1. The third-order valence-electron chi connectivity index (χ3n) is 3.79. The molecule has 0 aliphatic carbocycles. The number of carbonyl (C=O) groups is 1. The minimum Gasteiger partial charge on any atom is -0.340 e. The first-order valence-corrected chi connectivity index (χ1v) is 8.77. The third kappa shape index (κ3) is 3.20. The molecule has 0 saturated carbocycles. The lowest BCUT2D eigenvalue weighted by Gasteiger charge is -2.12. The second-order valence-corrected chi connectivity index (χ2v) is 7.20. The molecular weight excluding hydrogens is 357 g/mol. The maximum atomic E-state index is 13.0. The highest BCUT2D eigenvalue weighted by molar-refractivity contribution is 8.26. The number of hydrogen-bond acceptors (Lipinski definition) is 4. The van der Waals surface area contributed by atoms with E-state index in [0.29, 0.717) is 21.6 Å². The number of fused-ring (bicyclic) bond motifs is 1. The maximum absolute atomic E-state index is 13.0. The number of nitrogens with zero attached hydrogens (tertiary/aromatic N) is 2. The van der Waals surface area contributed by atoms with Crippen molar-refractivity contribution in [3.05, 3.63) is 70.6 Å². The molecule has 0 unspecified atom stereocenters. The van der Waals surface area contributed by atoms with E-state index in [1.54, 1.807) is 18.2 Å². The van der Waals surface area contributed by atoms with Gasteiger partial charge in [0.2, 0.25) is 0 Å². The average Bonchev–Trinajstić information content (AvgIpc) is 3.13. The zero-order valence-electron chi connectivity index (χ0n) is 12.9. The molecule has 0 bridgehead atoms. The van der Waals surface area contributed by atoms with E-state index in [9.17, 15) is 9.18 Å². The summed E-state index contributed by atoms with van der Waals surface area (Å²) in [7, 11) is 0. The van der Waals surface area contributed by atoms with Crippen LogP contribution in [0.3, 0.4) is 0 Å². The Bertz CT molecular complexity index is 978. The van der Waals surface area contributed by atoms with Gasteiger partial charge in [-0.15, -0.1) is 0 Å². The Hall–Kier alpha value is -2.51. The summed E-state index contributed by atoms with van der Waals surface area (Å²) in [4.78, 5) is 22.4. The number of H-pyrrole nitrogens is 1. The van der Waals surface area contributed by atoms with E-state index >= 15 is 0 Å². The van der Waals surface area contributed by atoms with Crippen molar-refractivity contribution in [3.8, 4) is 0 Å². The van der Waals surface area contributed by atoms with Crippen molar-refractivity contribution >= 4 is 51.3 Å². The van der Waals surface area contributed by atoms with Crippen LogP contribution in [0.25, 0.3) is 17.1 Å². The van der Waals surface area contributed by atoms with E-state index < -0.39 is 0 Å². The van der Waals surface area contributed by atoms with Crippen molar-refractivity contribution in [2.45, 2.75) is 6.54 Å². The molecule has 1 saturated heterocycles. The van der Waals surface area contributed by atoms with Gasteiger partial charge >= 0.3 is 0 Å². The Labute approximate surface area is 152 Å². The molecule has 1 fully saturated rings. The van der Waals surface area contributed by atoms with E-state index in [-0.39, 0.29) is 11.7 Å². The Morgan fingerprint density at radius 2 is 1.96 bits per heavy atom. The standard InChI is InChI=1S/C18H12FN3OS2/c19-12-7-5-11(6-8-12)9-15-17(23)22(18(24)25-15)10-16-20-13-3-1-2-4-14(13)21-16/h1-9H,10H2,(H,20,21)/b15-9-. The molecule has 7 heteroatoms. The smallest absolute Gasteiger partial charge is 0.266 e. The fourth-order valence-electron chi connectivity index (χ4n) is 2.58. The number of carbonyl (C=O) groups excluding carboxylic acids is 1. The number of amides is 1. The van der Waals surface area contributed by atoms with E-state index in [1.165, 1.54) is 28.8 Å². The number of para-hydroxylation sites is 2. The quantitative estimate of drug-likeness (QED) is 0.558. The molecule has 0 spiro atoms. The summed E-state index contributed by atoms with van der Waals surface area (Å²) in [6.45, 7) is 0.292. The highest BCUT2D eigenvalue weighted by Gasteiger charge is 2.32. The van der Waals surface area contributed by atoms with Crippen LogP contribution in [0.5, 0.6) is 0 Å². The normalized spacial score (nSPS) is 16.4. The lowest BCUT2D eigenvalue weighted by Crippen LogP contribution is -2.27. The van der Waals surface area contributed by atoms with Crippen LogP contribution in [-0.4, -0.2) is 25.1 Å². The van der Waals surface area contributed by atoms with Crippen LogP contribution in [0.1, 0.15) is 11.4 Å². The molecule has 1 N–H and O–H groups in total. The molecule has 25 heavy (non-hydrogen) atoms. The van der Waals surface area contributed by atoms with Crippen LogP contribution in [0.4, 0.5) is 4.39 Å². The highest BCUT2D eigenvalue weighted by Crippen LogP contribution is 2.33. The summed E-state index contributed by atoms with van der Waals surface area (Å²) in [5, 5.41) is 0. The van der Waals surface area contributed by atoms with Crippen molar-refractivity contribution < 1.29 is 9.18 Å². The fourth-order valence-corrected chi connectivity index (χ4v) is 3.83. The third-order valence-corrected chi connectivity index (χ3v) is 5.17. The minimum absolute atomic E-state index is 0.167. The van der Waals surface area contributed by atoms with E-state index in [1.807, 2.05) is 24.3 Å². The molecule has 2 aromatic carbocycles. The van der Waals surface area contributed by atoms with Crippen molar-refractivity contribution in [1.82, 2.24) is 14.9 Å². The lowest BCUT2D eigenvalue weighted by atomic mass is 10.2. The molecule has 2 heterocycles. The predicted molar refractivity (Wildman–Crippen MR) is 101 cm³/mol. The summed E-state index contributed by atoms with van der Waals surface area (Å²) in [6, 6.07) is 13.7. The Morgan fingerprint density at radius 3 is 2.72 bits per heavy atom. The summed E-state index contributed by atoms with van der Waals surface area (Å²) in [6.07, 6.45) is 1.72. The number of aromatic nitrogens is 2. The van der Waals surface area contributed by atoms with E-state index in [0.717, 1.165) is 16.6 Å². The second kappa shape index (κ2) is 6.42. The molecule has 1 aliphatic rings. The van der Waals surface area contributed by atoms with Crippen molar-refractivity contribution in [2.75, 3.05) is 0 Å². The fraction of sp³-hybridized carbons (Fsp3) is 0.0556. The first-order valence-electron chi connectivity index (χ1n) is 7.55. The van der Waals surface area contributed by atoms with Gasteiger partial charge in [0.1, 0.15) is 16.0 Å². The molecule has 1 aromatic heterocycles. The number of imidazole rings is 1. The van der Waals surface area contributed by atoms with E-state index in [2.05, 4.69) is 9.97 Å². The van der Waals surface area contributed by atoms with Crippen molar-refractivity contribution in [3.63, 3.8) is 0 Å². The molecular formula is C18H12FN3OS2. The number of aromatic amines is 1. The summed E-state index contributed by atoms with van der Waals surface area (Å²) >= 11 is 6.58. The van der Waals surface area contributed by atoms with Crippen LogP contribution >= 0.6 is 24.0 Å². The molecule has 124 valence electrons. The van der Waals surface area contributed by atoms with Gasteiger partial charge in [0.15, 0.2) is 0 Å². The predicted octanol–water partition coefficient (Wildman–Crippen LogP) is 4.10. The molecule has 1 aliphatic heterocycles. The monoisotopic (exact) mass is 369 g/mol. The highest BCUT2D eigenvalue weighted by atomic mass is 32.2. The van der Waals surface area contributed by atoms with Crippen molar-refractivity contribution in [2.24, 2.45) is 0 Å². The summed E-state index contributed by atoms with van der Waals surface area (Å²) < 4.78 is 13.5. The number of nitrogens with one attached hydrogen (secondary N) is 1. The second-order valence-electron chi connectivity index (χ2n) is 5.52. The number of hydrogen-bond donors (Lipinski definition) is 1. The molecule has 3 aromatic rings. The molecule has 4 nitrogen and oxygen atoms in total. The first kappa shape index (κ1) is 16.0. The van der Waals surface area contributed by atoms with Gasteiger partial charge in [0, 0.05) is 0 Å². The van der Waals surface area contributed by atoms with Crippen LogP contribution in [-0.2, 0) is 11.3 Å². The number of halogens is 1. The molecule has 1 amide bonds. The van der Waals surface area contributed by atoms with Gasteiger partial charge in [0.25, 0.3) is 5.91 Å². The maximum Gasteiger partial charge on any atom is 0.266 e. The van der Waals surface area contributed by atoms with Crippen LogP contribution in [0.15, 0.2) is 53.4 Å². The van der Waals surface area contributed by atoms with Gasteiger partial charge in [-0.3, -0.25) is 9.69 Å². The molecule has 4 rings (SSSR count). The van der Waals surface area contributed by atoms with Gasteiger partial charge in [-0.2, -0.15) is 0 Å². The number of rotatable bonds is 3. The topological polar surface area (TPSA) is 49.0 Å². The molecule has 0 radical (unpaired) electrons. The number of thioether (sulfide) groups is 1. The Kier molecular flexibility index (Phi) is 4.10. The van der Waals surface area contributed by atoms with Crippen molar-refractivity contribution in [1.29, 1.82) is 0 Å². The zero-order valence-corrected chi connectivity index (χ0v) is 14.5. The van der Waals surface area contributed by atoms with E-state index in [4.69, 9.17) is 12.2 Å². The molecule has 0 atom stereocenters. The lowest BCUT2D eigenvalue weighted by molar-refractivity contribution is -0.122. The average molecular weight is 369 g/mol. The van der Waals surface area contributed by atoms with Gasteiger partial charge in [-0.05, 0) is 35.9 Å². The zero-order chi connectivity index (χ0) is 17.4. The largest absolute Gasteiger partial charge is 0.340 e. The SMILES string of the molecule is O=C1/C(=C/c2ccc(F)cc2)SC(=S)N1Cc1nc2ccccc2[nH]1. The van der Waals surface area contributed by atoms with Gasteiger partial charge < -0.3 is 4.98 Å². The number of benzene rings is 2. The van der Waals surface area contributed by atoms with Gasteiger partial charge in [0.05, 0.1) is 22.5 Å². The summed E-state index contributed by atoms with van der Waals surface area (Å²) in [5.41, 5.74) is 2.53. The van der Waals surface area contributed by atoms with Gasteiger partial charge in [-0.1, -0.05) is 48.2 Å². The summed E-state index contributed by atoms with van der Waals surface area (Å²) in [5.74, 6) is 0.204. The van der Waals surface area contributed by atoms with Crippen LogP contribution in [0.2, 0.25) is 0 Å². The Morgan fingerprint density at radius 1 is 1.20 bits per heavy atom. The Balaban J connectivity index is 1.57. The minimum atomic E-state index is -0.311. The van der Waals surface area contributed by atoms with Crippen LogP contribution in [0, 0.1) is 5.82 Å².